The van der Waals surface area contributed by atoms with Crippen molar-refractivity contribution in [2.45, 2.75) is 118 Å². The standard InChI is InChI=1S/C30H46O3/c1-24(2)14-16-29-17-15-28(7)27(6)12-8-19-25(3,4)22(31)10-11-26(19,5)20(27)9-13-30(28,21(29)18-24)33-23(29)32/h9,13,19-22,31H,8,10-12,14-18H2,1-7H3/t19?,20-,21-,22+,26+,27-,28+,29+,30+/m1/s1. The van der Waals surface area contributed by atoms with E-state index in [1.54, 1.807) is 0 Å². The molecule has 1 N–H and O–H groups in total. The predicted molar refractivity (Wildman–Crippen MR) is 130 cm³/mol. The molecule has 1 saturated heterocycles. The molecule has 1 spiro atoms. The quantitative estimate of drug-likeness (QED) is 0.328. The van der Waals surface area contributed by atoms with Gasteiger partial charge in [0.25, 0.3) is 0 Å². The summed E-state index contributed by atoms with van der Waals surface area (Å²) in [6.07, 6.45) is 14.4. The van der Waals surface area contributed by atoms with Crippen molar-refractivity contribution in [1.29, 1.82) is 0 Å². The lowest BCUT2D eigenvalue weighted by Gasteiger charge is -2.72. The van der Waals surface area contributed by atoms with E-state index >= 15 is 0 Å². The zero-order valence-electron chi connectivity index (χ0n) is 22.1. The molecule has 6 rings (SSSR count). The second-order valence-corrected chi connectivity index (χ2v) is 15.3. The summed E-state index contributed by atoms with van der Waals surface area (Å²) in [6, 6.07) is 0. The topological polar surface area (TPSA) is 46.5 Å². The molecular weight excluding hydrogens is 408 g/mol. The van der Waals surface area contributed by atoms with Crippen molar-refractivity contribution in [3.05, 3.63) is 12.2 Å². The van der Waals surface area contributed by atoms with Crippen LogP contribution in [-0.4, -0.2) is 22.8 Å². The summed E-state index contributed by atoms with van der Waals surface area (Å²) in [5, 5.41) is 10.9. The van der Waals surface area contributed by atoms with Gasteiger partial charge in [0.2, 0.25) is 0 Å². The van der Waals surface area contributed by atoms with Crippen molar-refractivity contribution in [2.24, 2.45) is 50.2 Å². The number of allylic oxidation sites excluding steroid dienone is 1. The average Bonchev–Trinajstić information content (AvgIpc) is 2.89. The maximum Gasteiger partial charge on any atom is 0.313 e. The molecule has 0 aromatic heterocycles. The van der Waals surface area contributed by atoms with Crippen LogP contribution in [0.15, 0.2) is 12.2 Å². The van der Waals surface area contributed by atoms with Crippen molar-refractivity contribution in [1.82, 2.24) is 0 Å². The van der Waals surface area contributed by atoms with Crippen LogP contribution in [0.25, 0.3) is 0 Å². The highest BCUT2D eigenvalue weighted by Gasteiger charge is 2.79. The van der Waals surface area contributed by atoms with E-state index in [0.29, 0.717) is 17.8 Å². The lowest BCUT2D eigenvalue weighted by molar-refractivity contribution is -0.242. The summed E-state index contributed by atoms with van der Waals surface area (Å²) < 4.78 is 6.69. The first-order chi connectivity index (χ1) is 15.2. The van der Waals surface area contributed by atoms with Gasteiger partial charge in [0.1, 0.15) is 5.60 Å². The van der Waals surface area contributed by atoms with Gasteiger partial charge in [-0.25, -0.2) is 0 Å². The molecule has 1 aliphatic heterocycles. The molecule has 0 radical (unpaired) electrons. The predicted octanol–water partition coefficient (Wildman–Crippen LogP) is 6.68. The summed E-state index contributed by atoms with van der Waals surface area (Å²) in [5.41, 5.74) is -0.233. The number of esters is 1. The third-order valence-corrected chi connectivity index (χ3v) is 13.4. The minimum Gasteiger partial charge on any atom is -0.453 e. The van der Waals surface area contributed by atoms with Crippen LogP contribution in [0.3, 0.4) is 0 Å². The van der Waals surface area contributed by atoms with Gasteiger partial charge in [0.05, 0.1) is 11.5 Å². The molecule has 3 heteroatoms. The van der Waals surface area contributed by atoms with Crippen molar-refractivity contribution in [2.75, 3.05) is 0 Å². The zero-order chi connectivity index (χ0) is 23.9. The molecular formula is C30H46O3. The van der Waals surface area contributed by atoms with E-state index in [1.165, 1.54) is 6.42 Å². The highest BCUT2D eigenvalue weighted by atomic mass is 16.6. The highest BCUT2D eigenvalue weighted by molar-refractivity contribution is 5.82. The van der Waals surface area contributed by atoms with E-state index in [2.05, 4.69) is 60.6 Å². The highest BCUT2D eigenvalue weighted by Crippen LogP contribution is 2.79. The van der Waals surface area contributed by atoms with E-state index in [-0.39, 0.29) is 44.6 Å². The first kappa shape index (κ1) is 22.6. The lowest BCUT2D eigenvalue weighted by Crippen LogP contribution is -2.70. The van der Waals surface area contributed by atoms with Crippen LogP contribution in [0, 0.1) is 50.2 Å². The Balaban J connectivity index is 1.50. The summed E-state index contributed by atoms with van der Waals surface area (Å²) >= 11 is 0. The SMILES string of the molecule is CC1(C)CC[C@@]23CC[C@]4(C)[C@@](C=C[C@@H]5[C@@]6(C)CC[C@H](O)C(C)(C)C6CC[C@]54C)(OC2=O)[C@@H]3C1. The van der Waals surface area contributed by atoms with Crippen molar-refractivity contribution >= 4 is 5.97 Å². The van der Waals surface area contributed by atoms with Crippen molar-refractivity contribution in [3.8, 4) is 0 Å². The fourth-order valence-corrected chi connectivity index (χ4v) is 11.1. The van der Waals surface area contributed by atoms with Gasteiger partial charge in [-0.15, -0.1) is 0 Å². The van der Waals surface area contributed by atoms with Gasteiger partial charge in [-0.05, 0) is 97.4 Å². The Morgan fingerprint density at radius 3 is 2.30 bits per heavy atom. The van der Waals surface area contributed by atoms with Crippen LogP contribution in [0.5, 0.6) is 0 Å². The van der Waals surface area contributed by atoms with Crippen molar-refractivity contribution in [3.63, 3.8) is 0 Å². The van der Waals surface area contributed by atoms with Crippen LogP contribution in [0.1, 0.15) is 106 Å². The van der Waals surface area contributed by atoms with E-state index in [9.17, 15) is 9.90 Å². The number of carbonyl (C=O) groups is 1. The minimum absolute atomic E-state index is 0.0403. The van der Waals surface area contributed by atoms with Crippen LogP contribution in [-0.2, 0) is 9.53 Å². The molecule has 184 valence electrons. The molecule has 0 aromatic rings. The van der Waals surface area contributed by atoms with E-state index in [4.69, 9.17) is 4.74 Å². The molecule has 0 aromatic carbocycles. The molecule has 5 fully saturated rings. The van der Waals surface area contributed by atoms with Crippen molar-refractivity contribution < 1.29 is 14.6 Å². The van der Waals surface area contributed by atoms with Crippen LogP contribution >= 0.6 is 0 Å². The van der Waals surface area contributed by atoms with Gasteiger partial charge in [0.15, 0.2) is 0 Å². The van der Waals surface area contributed by atoms with E-state index in [1.807, 2.05) is 0 Å². The first-order valence-electron chi connectivity index (χ1n) is 13.8. The van der Waals surface area contributed by atoms with Gasteiger partial charge >= 0.3 is 5.97 Å². The molecule has 3 nitrogen and oxygen atoms in total. The molecule has 9 atom stereocenters. The summed E-state index contributed by atoms with van der Waals surface area (Å²) in [5.74, 6) is 1.41. The number of hydrogen-bond donors (Lipinski definition) is 1. The van der Waals surface area contributed by atoms with Gasteiger partial charge in [0, 0.05) is 11.3 Å². The molecule has 0 amide bonds. The lowest BCUT2D eigenvalue weighted by atomic mass is 9.32. The molecule has 1 heterocycles. The number of rotatable bonds is 0. The Labute approximate surface area is 201 Å². The Bertz CT molecular complexity index is 933. The van der Waals surface area contributed by atoms with E-state index < -0.39 is 5.60 Å². The number of aliphatic hydroxyl groups is 1. The maximum absolute atomic E-state index is 13.6. The average molecular weight is 455 g/mol. The monoisotopic (exact) mass is 454 g/mol. The normalized spacial score (nSPS) is 57.9. The van der Waals surface area contributed by atoms with Crippen LogP contribution in [0.4, 0.5) is 0 Å². The largest absolute Gasteiger partial charge is 0.453 e. The van der Waals surface area contributed by atoms with E-state index in [0.717, 1.165) is 51.4 Å². The molecule has 2 bridgehead atoms. The first-order valence-corrected chi connectivity index (χ1v) is 13.8. The smallest absolute Gasteiger partial charge is 0.313 e. The fraction of sp³-hybridized carbons (Fsp3) is 0.900. The number of fused-ring (bicyclic) bond motifs is 4. The second-order valence-electron chi connectivity index (χ2n) is 15.3. The Morgan fingerprint density at radius 2 is 1.58 bits per heavy atom. The van der Waals surface area contributed by atoms with Gasteiger partial charge in [-0.2, -0.15) is 0 Å². The van der Waals surface area contributed by atoms with Gasteiger partial charge in [-0.3, -0.25) is 4.79 Å². The Morgan fingerprint density at radius 1 is 0.879 bits per heavy atom. The van der Waals surface area contributed by atoms with Gasteiger partial charge in [-0.1, -0.05) is 54.5 Å². The van der Waals surface area contributed by atoms with Crippen LogP contribution < -0.4 is 0 Å². The molecule has 1 unspecified atom stereocenters. The fourth-order valence-electron chi connectivity index (χ4n) is 11.1. The molecule has 33 heavy (non-hydrogen) atoms. The Hall–Kier alpha value is -0.830. The number of hydrogen-bond acceptors (Lipinski definition) is 3. The third kappa shape index (κ3) is 2.31. The van der Waals surface area contributed by atoms with Gasteiger partial charge < -0.3 is 9.84 Å². The molecule has 5 aliphatic carbocycles. The maximum atomic E-state index is 13.6. The summed E-state index contributed by atoms with van der Waals surface area (Å²) in [4.78, 5) is 13.6. The second kappa shape index (κ2) is 6.11. The number of carbonyl (C=O) groups excluding carboxylic acids is 1. The van der Waals surface area contributed by atoms with Crippen LogP contribution in [0.2, 0.25) is 0 Å². The summed E-state index contributed by atoms with van der Waals surface area (Å²) in [6.45, 7) is 17.0. The molecule has 4 saturated carbocycles. The number of aliphatic hydroxyl groups excluding tert-OH is 1. The zero-order valence-corrected chi connectivity index (χ0v) is 22.1. The number of ether oxygens (including phenoxy) is 1. The Kier molecular flexibility index (Phi) is 4.19. The summed E-state index contributed by atoms with van der Waals surface area (Å²) in [7, 11) is 0. The molecule has 6 aliphatic rings. The third-order valence-electron chi connectivity index (χ3n) is 13.4. The minimum atomic E-state index is -0.446.